The average molecular weight is 278 g/mol. The van der Waals surface area contributed by atoms with E-state index in [1.807, 2.05) is 0 Å². The number of rotatable bonds is 2. The van der Waals surface area contributed by atoms with Crippen LogP contribution in [0, 0.1) is 0 Å². The number of carbonyl (C=O) groups is 2. The maximum Gasteiger partial charge on any atom is 0.255 e. The Morgan fingerprint density at radius 3 is 1.63 bits per heavy atom. The van der Waals surface area contributed by atoms with Crippen LogP contribution in [0.25, 0.3) is 0 Å². The van der Waals surface area contributed by atoms with Crippen LogP contribution >= 0.6 is 11.3 Å². The van der Waals surface area contributed by atoms with Crippen LogP contribution < -0.4 is 10.0 Å². The largest absolute Gasteiger partial charge is 0.272 e. The molecule has 19 heavy (non-hydrogen) atoms. The van der Waals surface area contributed by atoms with Crippen LogP contribution in [-0.2, 0) is 9.59 Å². The van der Waals surface area contributed by atoms with E-state index in [2.05, 4.69) is 20.4 Å². The number of anilines is 2. The second-order valence-electron chi connectivity index (χ2n) is 4.30. The second kappa shape index (κ2) is 4.19. The van der Waals surface area contributed by atoms with E-state index in [-0.39, 0.29) is 24.7 Å². The maximum absolute atomic E-state index is 11.7. The zero-order chi connectivity index (χ0) is 13.6. The topological polar surface area (TPSA) is 91.1 Å². The molecular formula is C10H10N6O2S. The number of nitrogens with zero attached hydrogens (tertiary/aromatic N) is 6. The molecule has 2 aliphatic rings. The van der Waals surface area contributed by atoms with Gasteiger partial charge in [-0.2, -0.15) is 20.2 Å². The highest BCUT2D eigenvalue weighted by molar-refractivity contribution is 7.19. The fourth-order valence-corrected chi connectivity index (χ4v) is 2.57. The Labute approximate surface area is 112 Å². The van der Waals surface area contributed by atoms with Gasteiger partial charge in [-0.05, 0) is 13.8 Å². The Balaban J connectivity index is 1.88. The van der Waals surface area contributed by atoms with Crippen LogP contribution in [0.4, 0.5) is 10.3 Å². The maximum atomic E-state index is 11.7. The molecule has 1 aromatic heterocycles. The predicted octanol–water partition coefficient (Wildman–Crippen LogP) is 0.763. The molecule has 98 valence electrons. The van der Waals surface area contributed by atoms with Crippen molar-refractivity contribution in [2.45, 2.75) is 26.7 Å². The first-order valence-electron chi connectivity index (χ1n) is 5.62. The van der Waals surface area contributed by atoms with Gasteiger partial charge in [0.2, 0.25) is 10.3 Å². The molecule has 0 atom stereocenters. The van der Waals surface area contributed by atoms with Gasteiger partial charge >= 0.3 is 0 Å². The number of carbonyl (C=O) groups excluding carboxylic acids is 2. The number of hydrogen-bond acceptors (Lipinski definition) is 7. The van der Waals surface area contributed by atoms with Gasteiger partial charge < -0.3 is 0 Å². The van der Waals surface area contributed by atoms with Crippen LogP contribution in [0.1, 0.15) is 26.7 Å². The van der Waals surface area contributed by atoms with Crippen molar-refractivity contribution < 1.29 is 9.59 Å². The van der Waals surface area contributed by atoms with E-state index < -0.39 is 0 Å². The van der Waals surface area contributed by atoms with E-state index >= 15 is 0 Å². The Morgan fingerprint density at radius 1 is 0.895 bits per heavy atom. The summed E-state index contributed by atoms with van der Waals surface area (Å²) in [5.74, 6) is -0.291. The first-order valence-corrected chi connectivity index (χ1v) is 6.44. The smallest absolute Gasteiger partial charge is 0.255 e. The monoisotopic (exact) mass is 278 g/mol. The van der Waals surface area contributed by atoms with Crippen molar-refractivity contribution in [3.05, 3.63) is 0 Å². The Morgan fingerprint density at radius 2 is 1.32 bits per heavy atom. The Bertz CT molecular complexity index is 581. The summed E-state index contributed by atoms with van der Waals surface area (Å²) in [6.07, 6.45) is 0.573. The van der Waals surface area contributed by atoms with Crippen molar-refractivity contribution in [2.75, 3.05) is 10.0 Å². The van der Waals surface area contributed by atoms with Crippen LogP contribution in [0.5, 0.6) is 0 Å². The standard InChI is InChI=1S/C10H10N6O2S/c1-5-3-7(17)15(13-5)9-11-12-10(19-9)16-8(18)4-6(2)14-16/h3-4H2,1-2H3. The third kappa shape index (κ3) is 2.01. The first kappa shape index (κ1) is 11.9. The van der Waals surface area contributed by atoms with Crippen LogP contribution in [0.15, 0.2) is 10.2 Å². The molecule has 3 heterocycles. The van der Waals surface area contributed by atoms with E-state index in [0.717, 1.165) is 22.8 Å². The Kier molecular flexibility index (Phi) is 2.63. The average Bonchev–Trinajstić information content (AvgIpc) is 2.99. The number of hydrazone groups is 2. The van der Waals surface area contributed by atoms with Gasteiger partial charge in [0.1, 0.15) is 0 Å². The normalized spacial score (nSPS) is 19.3. The molecule has 1 aromatic rings. The molecule has 3 rings (SSSR count). The lowest BCUT2D eigenvalue weighted by molar-refractivity contribution is -0.117. The highest BCUT2D eigenvalue weighted by Crippen LogP contribution is 2.31. The lowest BCUT2D eigenvalue weighted by Gasteiger charge is -2.06. The molecule has 0 spiro atoms. The third-order valence-electron chi connectivity index (χ3n) is 2.59. The summed E-state index contributed by atoms with van der Waals surface area (Å²) < 4.78 is 0. The molecule has 9 heteroatoms. The van der Waals surface area contributed by atoms with Gasteiger partial charge in [-0.3, -0.25) is 9.59 Å². The molecule has 8 nitrogen and oxygen atoms in total. The minimum absolute atomic E-state index is 0.146. The molecule has 0 bridgehead atoms. The molecular weight excluding hydrogens is 268 g/mol. The lowest BCUT2D eigenvalue weighted by Crippen LogP contribution is -2.19. The highest BCUT2D eigenvalue weighted by atomic mass is 32.1. The van der Waals surface area contributed by atoms with Gasteiger partial charge in [0.25, 0.3) is 11.8 Å². The van der Waals surface area contributed by atoms with Crippen molar-refractivity contribution in [1.29, 1.82) is 0 Å². The molecule has 0 aromatic carbocycles. The summed E-state index contributed by atoms with van der Waals surface area (Å²) in [5.41, 5.74) is 1.46. The van der Waals surface area contributed by atoms with E-state index in [9.17, 15) is 9.59 Å². The molecule has 0 aliphatic carbocycles. The molecule has 0 radical (unpaired) electrons. The molecule has 0 N–H and O–H groups in total. The molecule has 0 fully saturated rings. The summed E-state index contributed by atoms with van der Waals surface area (Å²) in [6, 6.07) is 0. The number of aromatic nitrogens is 2. The van der Waals surface area contributed by atoms with Gasteiger partial charge in [0.05, 0.1) is 12.8 Å². The SMILES string of the molecule is CC1=NN(c2nnc(N3N=C(C)CC3=O)s2)C(=O)C1. The summed E-state index contributed by atoms with van der Waals surface area (Å²) in [4.78, 5) is 23.3. The van der Waals surface area contributed by atoms with Gasteiger partial charge in [-0.1, -0.05) is 11.3 Å². The summed E-state index contributed by atoms with van der Waals surface area (Å²) in [7, 11) is 0. The van der Waals surface area contributed by atoms with Gasteiger partial charge in [0.15, 0.2) is 0 Å². The van der Waals surface area contributed by atoms with E-state index in [0.29, 0.717) is 10.3 Å². The fraction of sp³-hybridized carbons (Fsp3) is 0.400. The zero-order valence-electron chi connectivity index (χ0n) is 10.3. The third-order valence-corrected chi connectivity index (χ3v) is 3.47. The van der Waals surface area contributed by atoms with Crippen molar-refractivity contribution >= 4 is 44.8 Å². The minimum atomic E-state index is -0.146. The number of hydrogen-bond donors (Lipinski definition) is 0. The molecule has 0 unspecified atom stereocenters. The van der Waals surface area contributed by atoms with Crippen LogP contribution in [0.2, 0.25) is 0 Å². The molecule has 0 saturated carbocycles. The summed E-state index contributed by atoms with van der Waals surface area (Å²) in [6.45, 7) is 3.55. The quantitative estimate of drug-likeness (QED) is 0.798. The van der Waals surface area contributed by atoms with Gasteiger partial charge in [-0.15, -0.1) is 10.2 Å². The number of amides is 2. The minimum Gasteiger partial charge on any atom is -0.272 e. The van der Waals surface area contributed by atoms with E-state index in [1.54, 1.807) is 13.8 Å². The van der Waals surface area contributed by atoms with Crippen LogP contribution in [-0.4, -0.2) is 33.4 Å². The van der Waals surface area contributed by atoms with Gasteiger partial charge in [0, 0.05) is 11.4 Å². The predicted molar refractivity (Wildman–Crippen MR) is 70.3 cm³/mol. The molecule has 2 aliphatic heterocycles. The van der Waals surface area contributed by atoms with Gasteiger partial charge in [-0.25, -0.2) is 0 Å². The van der Waals surface area contributed by atoms with Crippen molar-refractivity contribution in [3.8, 4) is 0 Å². The van der Waals surface area contributed by atoms with Crippen molar-refractivity contribution in [2.24, 2.45) is 10.2 Å². The van der Waals surface area contributed by atoms with Crippen LogP contribution in [0.3, 0.4) is 0 Å². The second-order valence-corrected chi connectivity index (χ2v) is 5.24. The summed E-state index contributed by atoms with van der Waals surface area (Å²) in [5, 5.41) is 19.1. The van der Waals surface area contributed by atoms with E-state index in [1.165, 1.54) is 10.0 Å². The Hall–Kier alpha value is -2.16. The van der Waals surface area contributed by atoms with Crippen molar-refractivity contribution in [1.82, 2.24) is 10.2 Å². The summed E-state index contributed by atoms with van der Waals surface area (Å²) >= 11 is 1.11. The van der Waals surface area contributed by atoms with E-state index in [4.69, 9.17) is 0 Å². The van der Waals surface area contributed by atoms with Crippen molar-refractivity contribution in [3.63, 3.8) is 0 Å². The molecule has 2 amide bonds. The fourth-order valence-electron chi connectivity index (χ4n) is 1.79. The molecule has 0 saturated heterocycles. The lowest BCUT2D eigenvalue weighted by atomic mass is 10.3. The first-order chi connectivity index (χ1) is 9.04. The highest BCUT2D eigenvalue weighted by Gasteiger charge is 2.30. The zero-order valence-corrected chi connectivity index (χ0v) is 11.1.